The molecule has 8 heteroatoms. The summed E-state index contributed by atoms with van der Waals surface area (Å²) in [5, 5.41) is 9.68. The van der Waals surface area contributed by atoms with Gasteiger partial charge in [0.2, 0.25) is 15.9 Å². The largest absolute Gasteiger partial charge is 0.487 e. The summed E-state index contributed by atoms with van der Waals surface area (Å²) < 4.78 is 34.4. The second kappa shape index (κ2) is 9.08. The number of benzene rings is 1. The van der Waals surface area contributed by atoms with Crippen molar-refractivity contribution < 1.29 is 23.1 Å². The SMILES string of the molecule is C/C=C/c1ccc2c(c1)O[C@H](CN(C)C(=O)C1CC1)[C@H](C)CN([C@@H](C)CO)S2(=O)=O. The maximum atomic E-state index is 13.4. The zero-order valence-electron chi connectivity index (χ0n) is 18.1. The van der Waals surface area contributed by atoms with Gasteiger partial charge in [-0.2, -0.15) is 4.31 Å². The van der Waals surface area contributed by atoms with Gasteiger partial charge in [0.25, 0.3) is 0 Å². The van der Waals surface area contributed by atoms with Crippen molar-refractivity contribution in [2.45, 2.75) is 50.7 Å². The summed E-state index contributed by atoms with van der Waals surface area (Å²) in [6.07, 6.45) is 5.24. The molecular weight excluding hydrogens is 404 g/mol. The minimum atomic E-state index is -3.85. The van der Waals surface area contributed by atoms with Crippen LogP contribution in [0.25, 0.3) is 6.08 Å². The Bertz CT molecular complexity index is 910. The highest BCUT2D eigenvalue weighted by atomic mass is 32.2. The van der Waals surface area contributed by atoms with Crippen molar-refractivity contribution in [2.24, 2.45) is 11.8 Å². The van der Waals surface area contributed by atoms with Gasteiger partial charge >= 0.3 is 0 Å². The van der Waals surface area contributed by atoms with Crippen molar-refractivity contribution in [3.63, 3.8) is 0 Å². The number of amides is 1. The van der Waals surface area contributed by atoms with E-state index in [-0.39, 0.29) is 47.6 Å². The Labute approximate surface area is 179 Å². The predicted molar refractivity (Wildman–Crippen MR) is 116 cm³/mol. The first kappa shape index (κ1) is 22.8. The van der Waals surface area contributed by atoms with Crippen LogP contribution in [0.4, 0.5) is 0 Å². The number of carbonyl (C=O) groups excluding carboxylic acids is 1. The number of hydrogen-bond donors (Lipinski definition) is 1. The highest BCUT2D eigenvalue weighted by molar-refractivity contribution is 7.89. The molecule has 7 nitrogen and oxygen atoms in total. The Kier molecular flexibility index (Phi) is 6.89. The van der Waals surface area contributed by atoms with Gasteiger partial charge in [0.05, 0.1) is 13.2 Å². The monoisotopic (exact) mass is 436 g/mol. The van der Waals surface area contributed by atoms with E-state index in [2.05, 4.69) is 0 Å². The molecule has 1 fully saturated rings. The summed E-state index contributed by atoms with van der Waals surface area (Å²) in [7, 11) is -2.07. The number of likely N-dealkylation sites (N-methyl/N-ethyl adjacent to an activating group) is 1. The van der Waals surface area contributed by atoms with Crippen LogP contribution < -0.4 is 4.74 Å². The van der Waals surface area contributed by atoms with Crippen LogP contribution in [0, 0.1) is 11.8 Å². The van der Waals surface area contributed by atoms with Gasteiger partial charge in [-0.25, -0.2) is 8.42 Å². The van der Waals surface area contributed by atoms with Gasteiger partial charge in [0.15, 0.2) is 0 Å². The van der Waals surface area contributed by atoms with Gasteiger partial charge in [0, 0.05) is 31.5 Å². The normalized spacial score (nSPS) is 25.1. The number of rotatable bonds is 6. The van der Waals surface area contributed by atoms with Crippen LogP contribution in [0.3, 0.4) is 0 Å². The van der Waals surface area contributed by atoms with Crippen LogP contribution >= 0.6 is 0 Å². The molecule has 0 saturated heterocycles. The zero-order valence-corrected chi connectivity index (χ0v) is 18.9. The molecule has 0 spiro atoms. The second-order valence-electron chi connectivity index (χ2n) is 8.44. The summed E-state index contributed by atoms with van der Waals surface area (Å²) in [4.78, 5) is 14.3. The van der Waals surface area contributed by atoms with Crippen molar-refractivity contribution in [1.82, 2.24) is 9.21 Å². The number of ether oxygens (including phenoxy) is 1. The van der Waals surface area contributed by atoms with Crippen LogP contribution in [0.5, 0.6) is 5.75 Å². The maximum Gasteiger partial charge on any atom is 0.247 e. The third-order valence-corrected chi connectivity index (χ3v) is 7.83. The fourth-order valence-corrected chi connectivity index (χ4v) is 5.58. The fraction of sp³-hybridized carbons (Fsp3) is 0.591. The number of hydrogen-bond acceptors (Lipinski definition) is 5. The lowest BCUT2D eigenvalue weighted by Crippen LogP contribution is -2.50. The first-order valence-electron chi connectivity index (χ1n) is 10.5. The Morgan fingerprint density at radius 1 is 1.40 bits per heavy atom. The predicted octanol–water partition coefficient (Wildman–Crippen LogP) is 2.36. The summed E-state index contributed by atoms with van der Waals surface area (Å²) in [6.45, 7) is 5.82. The number of fused-ring (bicyclic) bond motifs is 1. The maximum absolute atomic E-state index is 13.4. The molecule has 1 N–H and O–H groups in total. The first-order valence-corrected chi connectivity index (χ1v) is 11.9. The topological polar surface area (TPSA) is 87.2 Å². The highest BCUT2D eigenvalue weighted by Crippen LogP contribution is 2.35. The van der Waals surface area contributed by atoms with Crippen LogP contribution in [0.15, 0.2) is 29.2 Å². The Morgan fingerprint density at radius 3 is 2.70 bits per heavy atom. The third-order valence-electron chi connectivity index (χ3n) is 5.81. The highest BCUT2D eigenvalue weighted by Gasteiger charge is 2.39. The van der Waals surface area contributed by atoms with E-state index in [9.17, 15) is 18.3 Å². The fourth-order valence-electron chi connectivity index (χ4n) is 3.76. The molecule has 0 radical (unpaired) electrons. The lowest BCUT2D eigenvalue weighted by atomic mass is 10.0. The molecular formula is C22H32N2O5S. The zero-order chi connectivity index (χ0) is 22.1. The molecule has 1 amide bonds. The summed E-state index contributed by atoms with van der Waals surface area (Å²) in [6, 6.07) is 4.46. The van der Waals surface area contributed by atoms with Gasteiger partial charge in [-0.3, -0.25) is 4.79 Å². The van der Waals surface area contributed by atoms with Crippen LogP contribution in [0.2, 0.25) is 0 Å². The minimum absolute atomic E-state index is 0.0872. The number of aliphatic hydroxyl groups excluding tert-OH is 1. The standard InChI is InChI=1S/C22H32N2O5S/c1-5-6-17-7-10-21-19(11-17)29-20(13-23(4)22(26)18-8-9-18)15(2)12-24(16(3)14-25)30(21,27)28/h5-7,10-11,15-16,18,20,25H,8-9,12-14H2,1-4H3/b6-5+/t15-,16+,20-/m1/s1. The van der Waals surface area contributed by atoms with Crippen molar-refractivity contribution in [3.05, 3.63) is 29.8 Å². The first-order chi connectivity index (χ1) is 14.2. The molecule has 3 atom stereocenters. The van der Waals surface area contributed by atoms with E-state index in [1.54, 1.807) is 37.1 Å². The molecule has 0 unspecified atom stereocenters. The quantitative estimate of drug-likeness (QED) is 0.740. The Hall–Kier alpha value is -1.90. The number of allylic oxidation sites excluding steroid dienone is 1. The molecule has 0 bridgehead atoms. The van der Waals surface area contributed by atoms with E-state index in [1.165, 1.54) is 4.31 Å². The average molecular weight is 437 g/mol. The second-order valence-corrected chi connectivity index (χ2v) is 10.3. The molecule has 3 rings (SSSR count). The molecule has 0 aromatic heterocycles. The number of aliphatic hydroxyl groups is 1. The lowest BCUT2D eigenvalue weighted by Gasteiger charge is -2.37. The van der Waals surface area contributed by atoms with E-state index in [4.69, 9.17) is 4.74 Å². The van der Waals surface area contributed by atoms with E-state index < -0.39 is 16.1 Å². The summed E-state index contributed by atoms with van der Waals surface area (Å²) >= 11 is 0. The van der Waals surface area contributed by atoms with Gasteiger partial charge in [0.1, 0.15) is 16.7 Å². The van der Waals surface area contributed by atoms with Crippen molar-refractivity contribution in [2.75, 3.05) is 26.7 Å². The van der Waals surface area contributed by atoms with E-state index in [1.807, 2.05) is 26.0 Å². The summed E-state index contributed by atoms with van der Waals surface area (Å²) in [5.74, 6) is 0.328. The molecule has 1 aliphatic carbocycles. The van der Waals surface area contributed by atoms with Crippen molar-refractivity contribution >= 4 is 22.0 Å². The van der Waals surface area contributed by atoms with Gasteiger partial charge in [-0.1, -0.05) is 25.1 Å². The van der Waals surface area contributed by atoms with E-state index in [0.717, 1.165) is 18.4 Å². The van der Waals surface area contributed by atoms with E-state index in [0.29, 0.717) is 6.54 Å². The molecule has 1 aliphatic heterocycles. The average Bonchev–Trinajstić information content (AvgIpc) is 3.55. The Morgan fingerprint density at radius 2 is 2.10 bits per heavy atom. The van der Waals surface area contributed by atoms with Gasteiger partial charge < -0.3 is 14.7 Å². The number of sulfonamides is 1. The molecule has 1 saturated carbocycles. The molecule has 1 aromatic carbocycles. The smallest absolute Gasteiger partial charge is 0.247 e. The van der Waals surface area contributed by atoms with E-state index >= 15 is 0 Å². The van der Waals surface area contributed by atoms with Gasteiger partial charge in [-0.15, -0.1) is 0 Å². The number of carbonyl (C=O) groups is 1. The number of nitrogens with zero attached hydrogens (tertiary/aromatic N) is 2. The lowest BCUT2D eigenvalue weighted by molar-refractivity contribution is -0.132. The summed E-state index contributed by atoms with van der Waals surface area (Å²) in [5.41, 5.74) is 0.836. The molecule has 1 heterocycles. The molecule has 30 heavy (non-hydrogen) atoms. The van der Waals surface area contributed by atoms with Crippen LogP contribution in [0.1, 0.15) is 39.2 Å². The van der Waals surface area contributed by atoms with Crippen molar-refractivity contribution in [1.29, 1.82) is 0 Å². The van der Waals surface area contributed by atoms with Crippen molar-refractivity contribution in [3.8, 4) is 5.75 Å². The molecule has 166 valence electrons. The Balaban J connectivity index is 2.01. The molecule has 2 aliphatic rings. The minimum Gasteiger partial charge on any atom is -0.487 e. The van der Waals surface area contributed by atoms with Crippen LogP contribution in [-0.4, -0.2) is 67.5 Å². The van der Waals surface area contributed by atoms with Gasteiger partial charge in [-0.05, 0) is 44.4 Å². The third kappa shape index (κ3) is 4.71. The molecule has 1 aromatic rings. The van der Waals surface area contributed by atoms with Crippen LogP contribution in [-0.2, 0) is 14.8 Å².